The van der Waals surface area contributed by atoms with Gasteiger partial charge in [0.25, 0.3) is 0 Å². The highest BCUT2D eigenvalue weighted by atomic mass is 35.6. The molecular weight excluding hydrogens is 90.4 g/mol. The van der Waals surface area contributed by atoms with Gasteiger partial charge in [0.1, 0.15) is 6.79 Å². The lowest BCUT2D eigenvalue weighted by Crippen LogP contribution is -0.980. The van der Waals surface area contributed by atoms with E-state index in [1.807, 2.05) is 6.79 Å². The van der Waals surface area contributed by atoms with Gasteiger partial charge in [0.05, 0.1) is 0 Å². The van der Waals surface area contributed by atoms with Gasteiger partial charge in [0.2, 0.25) is 0 Å². The Hall–Kier alpha value is 0.492. The Kier molecular flexibility index (Phi) is 197. The number of hydrogen-bond acceptors (Lipinski definition) is 1. The van der Waals surface area contributed by atoms with Crippen molar-refractivity contribution in [2.75, 3.05) is 0 Å². The topological polar surface area (TPSA) is 17.1 Å². The molecule has 0 heterocycles. The van der Waals surface area contributed by atoms with Gasteiger partial charge in [-0.05, 0) is 0 Å². The van der Waals surface area contributed by atoms with E-state index in [0.717, 1.165) is 15.4 Å². The van der Waals surface area contributed by atoms with E-state index in [1.54, 1.807) is 0 Å². The average Bonchev–Trinajstić information content (AvgIpc) is 1.50. The van der Waals surface area contributed by atoms with Crippen LogP contribution in [0.25, 0.3) is 0 Å². The van der Waals surface area contributed by atoms with Gasteiger partial charge in [-0.1, -0.05) is 0 Å². The Labute approximate surface area is 37.6 Å². The second kappa shape index (κ2) is 89.5. The minimum absolute atomic E-state index is 0.778. The summed E-state index contributed by atoms with van der Waals surface area (Å²) in [5.74, 6) is 0. The number of hydrogen-bond donors (Lipinski definition) is 0. The second-order valence-electron chi connectivity index (χ2n) is 0. The summed E-state index contributed by atoms with van der Waals surface area (Å²) < 4.78 is 0. The number of halogens is 1. The van der Waals surface area contributed by atoms with Crippen LogP contribution >= 0.6 is 10.0 Å². The maximum atomic E-state index is 8.00. The van der Waals surface area contributed by atoms with E-state index in [2.05, 4.69) is 0 Å². The molecule has 0 unspecified atom stereocenters. The van der Waals surface area contributed by atoms with Crippen LogP contribution < -0.4 is 0 Å². The van der Waals surface area contributed by atoms with E-state index in [-0.39, 0.29) is 0 Å². The van der Waals surface area contributed by atoms with E-state index >= 15 is 0 Å². The van der Waals surface area contributed by atoms with Crippen molar-refractivity contribution in [3.8, 4) is 0 Å². The van der Waals surface area contributed by atoms with Crippen LogP contribution in [0.4, 0.5) is 0 Å². The van der Waals surface area contributed by atoms with Crippen LogP contribution in [0.2, 0.25) is 0 Å². The molecule has 0 bridgehead atoms. The van der Waals surface area contributed by atoms with Crippen molar-refractivity contribution in [3.05, 3.63) is 0 Å². The van der Waals surface area contributed by atoms with Crippen LogP contribution in [0.15, 0.2) is 0 Å². The maximum Gasteiger partial charge on any atom is 0.353 e. The number of carbonyl (C=O) groups is 1. The predicted octanol–water partition coefficient (Wildman–Crippen LogP) is -0.412. The highest BCUT2D eigenvalue weighted by molar-refractivity contribution is 6.80. The lowest BCUT2D eigenvalue weighted by molar-refractivity contribution is -0.0979. The fourth-order valence-electron chi connectivity index (χ4n) is 0. The zero-order chi connectivity index (χ0) is 4.00. The largest absolute Gasteiger partial charge is 0.353 e. The molecule has 0 radical (unpaired) electrons. The molecule has 4 heavy (non-hydrogen) atoms. The summed E-state index contributed by atoms with van der Waals surface area (Å²) in [5.41, 5.74) is 0. The third-order valence-electron chi connectivity index (χ3n) is 0. The second-order valence-corrected chi connectivity index (χ2v) is 0. The minimum Gasteiger partial charge on any atom is -0.307 e. The first-order valence-corrected chi connectivity index (χ1v) is 3.69. The highest BCUT2D eigenvalue weighted by Crippen LogP contribution is 1.29. The first-order valence-electron chi connectivity index (χ1n) is 0.667. The lowest BCUT2D eigenvalue weighted by Gasteiger charge is -1.01. The molecule has 0 atom stereocenters. The Morgan fingerprint density at radius 2 is 1.50 bits per heavy atom. The summed E-state index contributed by atoms with van der Waals surface area (Å²) in [6, 6.07) is 0. The van der Waals surface area contributed by atoms with Gasteiger partial charge in [0.15, 0.2) is 0 Å². The molecule has 0 aromatic rings. The average molecular weight is 94.5 g/mol. The fourth-order valence-corrected chi connectivity index (χ4v) is 0. The molecule has 0 aliphatic rings. The molecule has 0 aromatic carbocycles. The third kappa shape index (κ3) is 22.9. The van der Waals surface area contributed by atoms with Gasteiger partial charge in [-0.25, -0.2) is 0 Å². The van der Waals surface area contributed by atoms with E-state index < -0.39 is 0 Å². The van der Waals surface area contributed by atoms with Gasteiger partial charge < -0.3 is 4.79 Å². The van der Waals surface area contributed by atoms with Crippen molar-refractivity contribution < 1.29 is 4.79 Å². The fraction of sp³-hybridized carbons (Fsp3) is 0. The van der Waals surface area contributed by atoms with Gasteiger partial charge in [0, 0.05) is 0 Å². The van der Waals surface area contributed by atoms with E-state index in [0.29, 0.717) is 0 Å². The first-order chi connectivity index (χ1) is 2.00. The molecule has 0 saturated heterocycles. The smallest absolute Gasteiger partial charge is 0.307 e. The van der Waals surface area contributed by atoms with Crippen molar-refractivity contribution >= 4 is 32.2 Å². The summed E-state index contributed by atoms with van der Waals surface area (Å²) in [4.78, 5) is 8.00. The molecule has 0 spiro atoms. The Balaban J connectivity index is 0. The molecule has 0 fully saturated rings. The van der Waals surface area contributed by atoms with E-state index in [9.17, 15) is 0 Å². The van der Waals surface area contributed by atoms with Crippen LogP contribution in [0, 0.1) is 0 Å². The van der Waals surface area contributed by atoms with Crippen LogP contribution in [0.5, 0.6) is 0 Å². The Morgan fingerprint density at radius 3 is 1.50 bits per heavy atom. The summed E-state index contributed by atoms with van der Waals surface area (Å²) in [5, 5.41) is 0. The highest BCUT2D eigenvalue weighted by Gasteiger charge is 1.09. The summed E-state index contributed by atoms with van der Waals surface area (Å²) in [7, 11) is 4.78. The van der Waals surface area contributed by atoms with Crippen molar-refractivity contribution in [2.45, 2.75) is 0 Å². The quantitative estimate of drug-likeness (QED) is 0.373. The monoisotopic (exact) mass is 94.0 g/mol. The summed E-state index contributed by atoms with van der Waals surface area (Å²) >= 11 is 0.778. The van der Waals surface area contributed by atoms with Crippen LogP contribution in [0.3, 0.4) is 0 Å². The Morgan fingerprint density at radius 1 is 1.50 bits per heavy atom. The lowest BCUT2D eigenvalue weighted by atomic mass is 11.9. The molecule has 24 valence electrons. The maximum absolute atomic E-state index is 8.00. The molecule has 0 aliphatic heterocycles. The summed E-state index contributed by atoms with van der Waals surface area (Å²) in [6.45, 7) is 2.00. The molecule has 3 heteroatoms. The standard InChI is InChI=1S/CH2O.Al.ClH.2H/c1-2;;;;/h1H2;;1H;;/q;+1;;;/p-1. The third-order valence-corrected chi connectivity index (χ3v) is 0. The zero-order valence-electron chi connectivity index (χ0n) is 2.49. The number of rotatable bonds is 0. The predicted molar refractivity (Wildman–Crippen MR) is 21.5 cm³/mol. The molecule has 0 amide bonds. The minimum atomic E-state index is 0.778. The molecule has 0 rings (SSSR count). The van der Waals surface area contributed by atoms with E-state index in [1.165, 1.54) is 0 Å². The van der Waals surface area contributed by atoms with Gasteiger partial charge in [-0.3, -0.25) is 10.0 Å². The van der Waals surface area contributed by atoms with Crippen LogP contribution in [-0.2, 0) is 4.79 Å². The SMILES string of the molecule is C=O.[AlH2][Cl]. The molecule has 0 N–H and O–H groups in total. The van der Waals surface area contributed by atoms with Gasteiger partial charge in [-0.2, -0.15) is 0 Å². The summed E-state index contributed by atoms with van der Waals surface area (Å²) in [6.07, 6.45) is 0. The zero-order valence-corrected chi connectivity index (χ0v) is 5.25. The number of carbonyl (C=O) groups excluding carboxylic acids is 1. The molecule has 1 nitrogen and oxygen atoms in total. The molecule has 0 aliphatic carbocycles. The molecular formula is CH4AlClO. The van der Waals surface area contributed by atoms with Crippen molar-refractivity contribution in [1.29, 1.82) is 0 Å². The van der Waals surface area contributed by atoms with Gasteiger partial charge >= 0.3 is 15.4 Å². The van der Waals surface area contributed by atoms with Crippen LogP contribution in [-0.4, -0.2) is 22.2 Å². The van der Waals surface area contributed by atoms with E-state index in [4.69, 9.17) is 14.8 Å². The van der Waals surface area contributed by atoms with Crippen molar-refractivity contribution in [1.82, 2.24) is 0 Å². The first kappa shape index (κ1) is 8.82. The van der Waals surface area contributed by atoms with Gasteiger partial charge in [-0.15, -0.1) is 0 Å². The Bertz CT molecular complexity index is 8.00. The van der Waals surface area contributed by atoms with Crippen molar-refractivity contribution in [3.63, 3.8) is 0 Å². The molecule has 0 saturated carbocycles. The normalized spacial score (nSPS) is 2.25. The molecule has 0 aromatic heterocycles. The van der Waals surface area contributed by atoms with Crippen molar-refractivity contribution in [2.24, 2.45) is 0 Å². The van der Waals surface area contributed by atoms with Crippen LogP contribution in [0.1, 0.15) is 0 Å².